The minimum absolute atomic E-state index is 0.149. The van der Waals surface area contributed by atoms with Gasteiger partial charge < -0.3 is 21.7 Å². The van der Waals surface area contributed by atoms with Crippen molar-refractivity contribution in [1.82, 2.24) is 0 Å². The third-order valence-electron chi connectivity index (χ3n) is 2.14. The number of benzene rings is 1. The number of phenols is 1. The quantitative estimate of drug-likeness (QED) is 0.235. The van der Waals surface area contributed by atoms with Crippen LogP contribution in [0.1, 0.15) is 13.3 Å². The van der Waals surface area contributed by atoms with E-state index in [0.717, 1.165) is 13.4 Å². The van der Waals surface area contributed by atoms with Crippen LogP contribution in [0, 0.1) is 0 Å². The summed E-state index contributed by atoms with van der Waals surface area (Å²) in [5, 5.41) is 17.9. The molecule has 9 heteroatoms. The lowest BCUT2D eigenvalue weighted by Crippen LogP contribution is -2.51. The Morgan fingerprint density at radius 2 is 1.21 bits per heavy atom. The lowest BCUT2D eigenvalue weighted by Gasteiger charge is -2.17. The van der Waals surface area contributed by atoms with Crippen LogP contribution in [-0.4, -0.2) is 22.5 Å². The maximum absolute atomic E-state index is 9.52. The van der Waals surface area contributed by atoms with Crippen molar-refractivity contribution in [1.29, 1.82) is 0 Å². The van der Waals surface area contributed by atoms with Crippen molar-refractivity contribution in [3.63, 3.8) is 0 Å². The predicted octanol–water partition coefficient (Wildman–Crippen LogP) is 4.21. The number of hydrogen-bond acceptors (Lipinski definition) is 4. The van der Waals surface area contributed by atoms with Gasteiger partial charge in [0.25, 0.3) is 0 Å². The zero-order valence-corrected chi connectivity index (χ0v) is 17.8. The fraction of sp³-hybridized carbons (Fsp3) is 0.400. The van der Waals surface area contributed by atoms with Gasteiger partial charge in [0.1, 0.15) is 5.75 Å². The zero-order valence-electron chi connectivity index (χ0n) is 9.85. The molecule has 0 saturated carbocycles. The van der Waals surface area contributed by atoms with E-state index in [1.165, 1.54) is 0 Å². The molecular weight excluding hydrogens is 580 g/mol. The van der Waals surface area contributed by atoms with E-state index in [9.17, 15) is 5.11 Å². The highest BCUT2D eigenvalue weighted by Crippen LogP contribution is 2.47. The smallest absolute Gasteiger partial charge is 0.146 e. The Morgan fingerprint density at radius 3 is 1.42 bits per heavy atom. The Labute approximate surface area is 154 Å². The molecule has 0 radical (unpaired) electrons. The molecule has 0 heterocycles. The molecule has 0 amide bonds. The van der Waals surface area contributed by atoms with E-state index in [0.29, 0.717) is 15.4 Å². The molecule has 0 fully saturated rings. The Hall–Kier alpha value is 1.30. The minimum atomic E-state index is -0.861. The Balaban J connectivity index is 0.000000399. The van der Waals surface area contributed by atoms with Crippen LogP contribution in [0.2, 0.25) is 0 Å². The Bertz CT molecular complexity index is 343. The molecule has 1 aromatic rings. The molecule has 0 unspecified atom stereocenters. The van der Waals surface area contributed by atoms with Crippen molar-refractivity contribution < 1.29 is 10.2 Å². The summed E-state index contributed by atoms with van der Waals surface area (Å²) in [6, 6.07) is 0. The van der Waals surface area contributed by atoms with Gasteiger partial charge in [-0.1, -0.05) is 6.92 Å². The first-order valence-electron chi connectivity index (χ1n) is 4.98. The van der Waals surface area contributed by atoms with Gasteiger partial charge in [-0.15, -0.1) is 0 Å². The molecule has 110 valence electrons. The maximum Gasteiger partial charge on any atom is 0.146 e. The molecule has 4 nitrogen and oxygen atoms in total. The lowest BCUT2D eigenvalue weighted by atomic mass is 10.1. The SMILES string of the molecule is CCC(N)(N)CO.Oc1c(Br)c(Br)c(Br)c(Br)c1Br. The summed E-state index contributed by atoms with van der Waals surface area (Å²) < 4.78 is 3.62. The van der Waals surface area contributed by atoms with Crippen molar-refractivity contribution in [3.8, 4) is 5.75 Å². The van der Waals surface area contributed by atoms with Crippen molar-refractivity contribution in [3.05, 3.63) is 22.4 Å². The second kappa shape index (κ2) is 8.67. The van der Waals surface area contributed by atoms with Crippen LogP contribution in [0.15, 0.2) is 22.4 Å². The van der Waals surface area contributed by atoms with Gasteiger partial charge in [0, 0.05) is 4.47 Å². The number of nitrogens with two attached hydrogens (primary N) is 2. The van der Waals surface area contributed by atoms with Crippen molar-refractivity contribution in [2.75, 3.05) is 6.61 Å². The Morgan fingerprint density at radius 1 is 0.895 bits per heavy atom. The highest BCUT2D eigenvalue weighted by atomic mass is 79.9. The number of aliphatic hydroxyl groups excluding tert-OH is 1. The fourth-order valence-corrected chi connectivity index (χ4v) is 3.73. The third kappa shape index (κ3) is 5.90. The summed E-state index contributed by atoms with van der Waals surface area (Å²) in [6.45, 7) is 1.68. The van der Waals surface area contributed by atoms with Gasteiger partial charge in [-0.3, -0.25) is 0 Å². The van der Waals surface area contributed by atoms with Gasteiger partial charge in [0.15, 0.2) is 0 Å². The molecule has 0 aliphatic heterocycles. The molecule has 1 aromatic carbocycles. The lowest BCUT2D eigenvalue weighted by molar-refractivity contribution is 0.196. The monoisotopic (exact) mass is 588 g/mol. The summed E-state index contributed by atoms with van der Waals surface area (Å²) in [6.07, 6.45) is 0.601. The van der Waals surface area contributed by atoms with Gasteiger partial charge in [0.2, 0.25) is 0 Å². The molecule has 0 bridgehead atoms. The van der Waals surface area contributed by atoms with E-state index >= 15 is 0 Å². The average Bonchev–Trinajstić information content (AvgIpc) is 2.41. The molecule has 0 spiro atoms. The summed E-state index contributed by atoms with van der Waals surface area (Å²) in [4.78, 5) is 0. The topological polar surface area (TPSA) is 92.5 Å². The van der Waals surface area contributed by atoms with Gasteiger partial charge >= 0.3 is 0 Å². The van der Waals surface area contributed by atoms with E-state index < -0.39 is 5.66 Å². The summed E-state index contributed by atoms with van der Waals surface area (Å²) in [7, 11) is 0. The van der Waals surface area contributed by atoms with E-state index in [2.05, 4.69) is 79.6 Å². The first-order chi connectivity index (χ1) is 8.59. The van der Waals surface area contributed by atoms with Crippen molar-refractivity contribution >= 4 is 79.6 Å². The zero-order chi connectivity index (χ0) is 15.4. The van der Waals surface area contributed by atoms with E-state index in [1.807, 2.05) is 6.92 Å². The van der Waals surface area contributed by atoms with Gasteiger partial charge in [0.05, 0.1) is 30.2 Å². The number of aliphatic hydroxyl groups is 1. The van der Waals surface area contributed by atoms with Crippen LogP contribution in [-0.2, 0) is 0 Å². The van der Waals surface area contributed by atoms with Crippen LogP contribution >= 0.6 is 79.6 Å². The average molecular weight is 593 g/mol. The van der Waals surface area contributed by atoms with E-state index in [4.69, 9.17) is 16.6 Å². The molecule has 0 atom stereocenters. The first-order valence-corrected chi connectivity index (χ1v) is 8.94. The number of phenolic OH excluding ortho intramolecular Hbond substituents is 1. The minimum Gasteiger partial charge on any atom is -0.505 e. The highest BCUT2D eigenvalue weighted by molar-refractivity contribution is 9.15. The standard InChI is InChI=1S/C6HBr5O.C4H12N2O/c7-1-2(8)4(10)6(12)5(11)3(1)9;1-2-4(5,6)3-7/h12H;7H,2-3,5-6H2,1H3. The number of halogens is 5. The maximum atomic E-state index is 9.52. The number of rotatable bonds is 2. The largest absolute Gasteiger partial charge is 0.505 e. The van der Waals surface area contributed by atoms with Gasteiger partial charge in [-0.05, 0) is 86.1 Å². The molecular formula is C10H13Br5N2O2. The third-order valence-corrected chi connectivity index (χ3v) is 8.19. The second-order valence-corrected chi connectivity index (χ2v) is 7.63. The molecule has 1 rings (SSSR count). The summed E-state index contributed by atoms with van der Waals surface area (Å²) in [5.74, 6) is 0.164. The van der Waals surface area contributed by atoms with Crippen molar-refractivity contribution in [2.24, 2.45) is 11.5 Å². The molecule has 0 aliphatic rings. The number of hydrogen-bond donors (Lipinski definition) is 4. The second-order valence-electron chi connectivity index (χ2n) is 3.66. The van der Waals surface area contributed by atoms with Crippen LogP contribution < -0.4 is 11.5 Å². The van der Waals surface area contributed by atoms with Crippen LogP contribution in [0.4, 0.5) is 0 Å². The van der Waals surface area contributed by atoms with Crippen LogP contribution in [0.25, 0.3) is 0 Å². The van der Waals surface area contributed by atoms with Crippen LogP contribution in [0.5, 0.6) is 5.75 Å². The van der Waals surface area contributed by atoms with Gasteiger partial charge in [-0.25, -0.2) is 0 Å². The molecule has 0 saturated heterocycles. The molecule has 6 N–H and O–H groups in total. The van der Waals surface area contributed by atoms with Gasteiger partial charge in [-0.2, -0.15) is 0 Å². The van der Waals surface area contributed by atoms with E-state index in [-0.39, 0.29) is 12.4 Å². The molecule has 0 aliphatic carbocycles. The number of aromatic hydroxyl groups is 1. The normalized spacial score (nSPS) is 11.0. The molecule has 19 heavy (non-hydrogen) atoms. The summed E-state index contributed by atoms with van der Waals surface area (Å²) >= 11 is 16.4. The summed E-state index contributed by atoms with van der Waals surface area (Å²) in [5.41, 5.74) is 9.62. The highest BCUT2D eigenvalue weighted by Gasteiger charge is 2.16. The van der Waals surface area contributed by atoms with E-state index in [1.54, 1.807) is 0 Å². The van der Waals surface area contributed by atoms with Crippen LogP contribution in [0.3, 0.4) is 0 Å². The Kier molecular flexibility index (Phi) is 9.27. The predicted molar refractivity (Wildman–Crippen MR) is 95.1 cm³/mol. The first kappa shape index (κ1) is 20.3. The fourth-order valence-electron chi connectivity index (χ4n) is 0.705. The molecule has 0 aromatic heterocycles. The van der Waals surface area contributed by atoms with Crippen molar-refractivity contribution in [2.45, 2.75) is 19.0 Å².